The van der Waals surface area contributed by atoms with Crippen LogP contribution in [0.1, 0.15) is 4.88 Å². The van der Waals surface area contributed by atoms with Crippen LogP contribution < -0.4 is 10.1 Å². The summed E-state index contributed by atoms with van der Waals surface area (Å²) < 4.78 is 10.7. The number of nitrogens with zero attached hydrogens (tertiary/aromatic N) is 3. The van der Waals surface area contributed by atoms with Crippen LogP contribution >= 0.6 is 34.4 Å². The fraction of sp³-hybridized carbons (Fsp3) is 0.158. The van der Waals surface area contributed by atoms with Crippen molar-refractivity contribution in [3.8, 4) is 27.8 Å². The molecule has 0 aliphatic carbocycles. The molecule has 3 heterocycles. The lowest BCUT2D eigenvalue weighted by Crippen LogP contribution is -2.13. The van der Waals surface area contributed by atoms with Crippen molar-refractivity contribution in [1.82, 2.24) is 15.2 Å². The van der Waals surface area contributed by atoms with Crippen LogP contribution in [0.5, 0.6) is 5.75 Å². The van der Waals surface area contributed by atoms with E-state index in [0.717, 1.165) is 21.9 Å². The molecular formula is C19H16N4O3S3. The summed E-state index contributed by atoms with van der Waals surface area (Å²) in [5.74, 6) is 1.12. The van der Waals surface area contributed by atoms with Gasteiger partial charge in [-0.1, -0.05) is 11.8 Å². The predicted octanol–water partition coefficient (Wildman–Crippen LogP) is 4.97. The molecule has 4 rings (SSSR count). The lowest BCUT2D eigenvalue weighted by atomic mass is 10.2. The second kappa shape index (κ2) is 8.76. The molecule has 0 fully saturated rings. The number of anilines is 1. The minimum Gasteiger partial charge on any atom is -0.497 e. The van der Waals surface area contributed by atoms with Gasteiger partial charge in [-0.25, -0.2) is 4.98 Å². The summed E-state index contributed by atoms with van der Waals surface area (Å²) in [6.45, 7) is 2.05. The quantitative estimate of drug-likeness (QED) is 0.403. The Kier molecular flexibility index (Phi) is 5.93. The highest BCUT2D eigenvalue weighted by Crippen LogP contribution is 2.30. The first-order valence-corrected chi connectivity index (χ1v) is 11.2. The maximum atomic E-state index is 12.2. The minimum atomic E-state index is -0.178. The van der Waals surface area contributed by atoms with E-state index in [1.165, 1.54) is 28.0 Å². The number of aryl methyl sites for hydroxylation is 1. The monoisotopic (exact) mass is 444 g/mol. The van der Waals surface area contributed by atoms with Crippen molar-refractivity contribution in [2.24, 2.45) is 0 Å². The zero-order chi connectivity index (χ0) is 20.2. The van der Waals surface area contributed by atoms with Gasteiger partial charge >= 0.3 is 0 Å². The van der Waals surface area contributed by atoms with Gasteiger partial charge in [0.15, 0.2) is 5.13 Å². The largest absolute Gasteiger partial charge is 0.497 e. The number of thiazole rings is 1. The Morgan fingerprint density at radius 1 is 1.21 bits per heavy atom. The van der Waals surface area contributed by atoms with Crippen LogP contribution in [0.25, 0.3) is 22.0 Å². The Balaban J connectivity index is 1.32. The van der Waals surface area contributed by atoms with E-state index < -0.39 is 0 Å². The number of amides is 1. The molecule has 3 aromatic heterocycles. The van der Waals surface area contributed by atoms with Crippen LogP contribution in [0.15, 0.2) is 51.4 Å². The van der Waals surface area contributed by atoms with Gasteiger partial charge in [-0.05, 0) is 43.3 Å². The summed E-state index contributed by atoms with van der Waals surface area (Å²) in [5.41, 5.74) is 1.66. The van der Waals surface area contributed by atoms with E-state index >= 15 is 0 Å². The highest BCUT2D eigenvalue weighted by atomic mass is 32.2. The summed E-state index contributed by atoms with van der Waals surface area (Å²) in [6, 6.07) is 11.4. The molecule has 0 atom stereocenters. The Labute approximate surface area is 179 Å². The highest BCUT2D eigenvalue weighted by molar-refractivity contribution is 7.99. The van der Waals surface area contributed by atoms with Crippen LogP contribution in [-0.2, 0) is 4.79 Å². The Morgan fingerprint density at radius 2 is 2.03 bits per heavy atom. The standard InChI is InChI=1S/C19H16N4O3S3/c1-11-3-8-15(29-11)14-9-27-18(20-14)21-16(24)10-28-19-23-22-17(26-19)12-4-6-13(25-2)7-5-12/h3-9H,10H2,1-2H3,(H,20,21,24). The molecule has 4 aromatic rings. The third kappa shape index (κ3) is 4.84. The van der Waals surface area contributed by atoms with Gasteiger partial charge in [0.25, 0.3) is 5.22 Å². The van der Waals surface area contributed by atoms with Gasteiger partial charge in [0.05, 0.1) is 23.4 Å². The molecule has 0 aliphatic rings. The van der Waals surface area contributed by atoms with E-state index in [9.17, 15) is 4.79 Å². The van der Waals surface area contributed by atoms with Crippen LogP contribution in [0.4, 0.5) is 5.13 Å². The zero-order valence-corrected chi connectivity index (χ0v) is 18.0. The van der Waals surface area contributed by atoms with Crippen molar-refractivity contribution in [2.45, 2.75) is 12.1 Å². The predicted molar refractivity (Wildman–Crippen MR) is 116 cm³/mol. The molecule has 0 saturated heterocycles. The SMILES string of the molecule is COc1ccc(-c2nnc(SCC(=O)Nc3nc(-c4ccc(C)s4)cs3)o2)cc1. The van der Waals surface area contributed by atoms with Crippen molar-refractivity contribution < 1.29 is 13.9 Å². The summed E-state index contributed by atoms with van der Waals surface area (Å²) in [6.07, 6.45) is 0. The fourth-order valence-corrected chi connectivity index (χ4v) is 4.61. The van der Waals surface area contributed by atoms with Crippen molar-refractivity contribution in [1.29, 1.82) is 0 Å². The number of carbonyl (C=O) groups excluding carboxylic acids is 1. The van der Waals surface area contributed by atoms with E-state index in [-0.39, 0.29) is 11.7 Å². The lowest BCUT2D eigenvalue weighted by molar-refractivity contribution is -0.113. The minimum absolute atomic E-state index is 0.150. The molecule has 0 bridgehead atoms. The van der Waals surface area contributed by atoms with Crippen LogP contribution in [0, 0.1) is 6.92 Å². The third-order valence-corrected chi connectivity index (χ3v) is 6.41. The van der Waals surface area contributed by atoms with Gasteiger partial charge in [0.1, 0.15) is 5.75 Å². The smallest absolute Gasteiger partial charge is 0.277 e. The molecular weight excluding hydrogens is 428 g/mol. The number of carbonyl (C=O) groups is 1. The first kappa shape index (κ1) is 19.6. The molecule has 0 unspecified atom stereocenters. The maximum Gasteiger partial charge on any atom is 0.277 e. The van der Waals surface area contributed by atoms with E-state index in [2.05, 4.69) is 33.5 Å². The number of nitrogens with one attached hydrogen (secondary N) is 1. The van der Waals surface area contributed by atoms with E-state index in [4.69, 9.17) is 9.15 Å². The summed E-state index contributed by atoms with van der Waals surface area (Å²) in [5, 5.41) is 13.7. The topological polar surface area (TPSA) is 90.1 Å². The molecule has 0 saturated carbocycles. The van der Waals surface area contributed by atoms with Crippen molar-refractivity contribution in [3.63, 3.8) is 0 Å². The first-order valence-electron chi connectivity index (χ1n) is 8.53. The Hall–Kier alpha value is -2.69. The Morgan fingerprint density at radius 3 is 2.76 bits per heavy atom. The first-order chi connectivity index (χ1) is 14.1. The molecule has 10 heteroatoms. The molecule has 7 nitrogen and oxygen atoms in total. The fourth-order valence-electron chi connectivity index (χ4n) is 2.42. The maximum absolute atomic E-state index is 12.2. The van der Waals surface area contributed by atoms with Gasteiger partial charge in [-0.15, -0.1) is 32.9 Å². The summed E-state index contributed by atoms with van der Waals surface area (Å²) in [4.78, 5) is 19.0. The number of thioether (sulfide) groups is 1. The molecule has 0 radical (unpaired) electrons. The lowest BCUT2D eigenvalue weighted by Gasteiger charge is -2.00. The summed E-state index contributed by atoms with van der Waals surface area (Å²) >= 11 is 4.26. The Bertz CT molecular complexity index is 1120. The molecule has 29 heavy (non-hydrogen) atoms. The number of benzene rings is 1. The number of thiophene rings is 1. The van der Waals surface area contributed by atoms with Crippen molar-refractivity contribution in [3.05, 3.63) is 46.7 Å². The van der Waals surface area contributed by atoms with Crippen LogP contribution in [-0.4, -0.2) is 34.0 Å². The van der Waals surface area contributed by atoms with Crippen molar-refractivity contribution in [2.75, 3.05) is 18.2 Å². The van der Waals surface area contributed by atoms with Gasteiger partial charge in [-0.3, -0.25) is 4.79 Å². The number of hydrogen-bond acceptors (Lipinski definition) is 9. The number of rotatable bonds is 7. The number of aromatic nitrogens is 3. The number of hydrogen-bond donors (Lipinski definition) is 1. The third-order valence-electron chi connectivity index (χ3n) is 3.81. The van der Waals surface area contributed by atoms with E-state index in [1.807, 2.05) is 35.7 Å². The van der Waals surface area contributed by atoms with Gasteiger partial charge in [-0.2, -0.15) is 0 Å². The van der Waals surface area contributed by atoms with Gasteiger partial charge in [0, 0.05) is 15.8 Å². The van der Waals surface area contributed by atoms with E-state index in [1.54, 1.807) is 18.4 Å². The van der Waals surface area contributed by atoms with Crippen LogP contribution in [0.3, 0.4) is 0 Å². The average Bonchev–Trinajstić information content (AvgIpc) is 3.47. The van der Waals surface area contributed by atoms with Gasteiger partial charge in [0.2, 0.25) is 11.8 Å². The number of methoxy groups -OCH3 is 1. The van der Waals surface area contributed by atoms with E-state index in [0.29, 0.717) is 16.2 Å². The molecule has 1 aromatic carbocycles. The zero-order valence-electron chi connectivity index (χ0n) is 15.5. The second-order valence-corrected chi connectivity index (χ2v) is 8.96. The average molecular weight is 445 g/mol. The highest BCUT2D eigenvalue weighted by Gasteiger charge is 2.13. The molecule has 0 spiro atoms. The second-order valence-electron chi connectivity index (χ2n) is 5.89. The van der Waals surface area contributed by atoms with Crippen molar-refractivity contribution >= 4 is 45.5 Å². The molecule has 0 aliphatic heterocycles. The van der Waals surface area contributed by atoms with Crippen LogP contribution in [0.2, 0.25) is 0 Å². The molecule has 1 N–H and O–H groups in total. The molecule has 1 amide bonds. The number of ether oxygens (including phenoxy) is 1. The normalized spacial score (nSPS) is 10.8. The molecule has 148 valence electrons. The summed E-state index contributed by atoms with van der Waals surface area (Å²) in [7, 11) is 1.61. The van der Waals surface area contributed by atoms with Gasteiger partial charge < -0.3 is 14.5 Å².